The van der Waals surface area contributed by atoms with E-state index >= 15 is 0 Å². The van der Waals surface area contributed by atoms with E-state index in [-0.39, 0.29) is 12.4 Å². The van der Waals surface area contributed by atoms with E-state index in [0.29, 0.717) is 12.1 Å². The van der Waals surface area contributed by atoms with Gasteiger partial charge in [-0.05, 0) is 62.5 Å². The van der Waals surface area contributed by atoms with E-state index < -0.39 is 0 Å². The molecule has 1 unspecified atom stereocenters. The second-order valence-electron chi connectivity index (χ2n) is 7.45. The lowest BCUT2D eigenvalue weighted by molar-refractivity contribution is 0.186. The third-order valence-electron chi connectivity index (χ3n) is 5.89. The summed E-state index contributed by atoms with van der Waals surface area (Å²) in [5.41, 5.74) is 4.47. The molecule has 1 aliphatic heterocycles. The first-order valence-electron chi connectivity index (χ1n) is 9.40. The zero-order valence-corrected chi connectivity index (χ0v) is 15.9. The molecule has 0 spiro atoms. The van der Waals surface area contributed by atoms with Gasteiger partial charge in [-0.3, -0.25) is 0 Å². The number of anilines is 1. The lowest BCUT2D eigenvalue weighted by atomic mass is 10.0. The van der Waals surface area contributed by atoms with Crippen LogP contribution in [0.5, 0.6) is 0 Å². The second-order valence-corrected chi connectivity index (χ2v) is 7.45. The normalized spacial score (nSPS) is 20.8. The molecule has 2 nitrogen and oxygen atoms in total. The van der Waals surface area contributed by atoms with E-state index in [1.165, 1.54) is 44.3 Å². The van der Waals surface area contributed by atoms with Crippen LogP contribution in [0.1, 0.15) is 30.4 Å². The number of fused-ring (bicyclic) bond motifs is 1. The van der Waals surface area contributed by atoms with Crippen LogP contribution in [-0.2, 0) is 12.8 Å². The van der Waals surface area contributed by atoms with Crippen LogP contribution < -0.4 is 4.90 Å². The van der Waals surface area contributed by atoms with Crippen molar-refractivity contribution in [3.8, 4) is 0 Å². The van der Waals surface area contributed by atoms with Crippen LogP contribution in [0.25, 0.3) is 0 Å². The minimum Gasteiger partial charge on any atom is -0.366 e. The predicted molar refractivity (Wildman–Crippen MR) is 109 cm³/mol. The third-order valence-corrected chi connectivity index (χ3v) is 5.89. The van der Waals surface area contributed by atoms with E-state index in [1.54, 1.807) is 11.1 Å². The first-order chi connectivity index (χ1) is 11.8. The molecule has 0 amide bonds. The number of piperidine rings is 1. The fraction of sp³-hybridized carbons (Fsp3) is 0.455. The topological polar surface area (TPSA) is 6.48 Å². The highest BCUT2D eigenvalue weighted by Gasteiger charge is 2.30. The Hall–Kier alpha value is -1.51. The first kappa shape index (κ1) is 18.3. The van der Waals surface area contributed by atoms with Gasteiger partial charge in [0.15, 0.2) is 0 Å². The van der Waals surface area contributed by atoms with Crippen LogP contribution in [0.3, 0.4) is 0 Å². The van der Waals surface area contributed by atoms with Crippen molar-refractivity contribution in [2.24, 2.45) is 0 Å². The van der Waals surface area contributed by atoms with Gasteiger partial charge in [0.05, 0.1) is 0 Å². The average Bonchev–Trinajstić information content (AvgIpc) is 3.05. The molecule has 25 heavy (non-hydrogen) atoms. The monoisotopic (exact) mass is 356 g/mol. The quantitative estimate of drug-likeness (QED) is 0.792. The lowest BCUT2D eigenvalue weighted by Crippen LogP contribution is -2.48. The zero-order chi connectivity index (χ0) is 16.4. The van der Waals surface area contributed by atoms with Gasteiger partial charge in [0.2, 0.25) is 0 Å². The van der Waals surface area contributed by atoms with Crippen molar-refractivity contribution in [1.82, 2.24) is 4.90 Å². The molecule has 1 aliphatic carbocycles. The average molecular weight is 357 g/mol. The molecule has 4 rings (SSSR count). The molecule has 134 valence electrons. The lowest BCUT2D eigenvalue weighted by Gasteiger charge is -2.40. The molecular formula is C22H29ClN2. The number of nitrogens with zero attached hydrogens (tertiary/aromatic N) is 2. The summed E-state index contributed by atoms with van der Waals surface area (Å²) in [5, 5.41) is 0. The number of hydrogen-bond donors (Lipinski definition) is 0. The van der Waals surface area contributed by atoms with E-state index in [4.69, 9.17) is 0 Å². The number of hydrogen-bond acceptors (Lipinski definition) is 2. The maximum absolute atomic E-state index is 2.69. The zero-order valence-electron chi connectivity index (χ0n) is 15.1. The summed E-state index contributed by atoms with van der Waals surface area (Å²) in [7, 11) is 2.30. The van der Waals surface area contributed by atoms with Gasteiger partial charge in [0.1, 0.15) is 0 Å². The van der Waals surface area contributed by atoms with Gasteiger partial charge >= 0.3 is 0 Å². The Kier molecular flexibility index (Phi) is 6.03. The summed E-state index contributed by atoms with van der Waals surface area (Å²) in [5.74, 6) is 0. The van der Waals surface area contributed by atoms with Crippen molar-refractivity contribution in [2.45, 2.75) is 44.2 Å². The fourth-order valence-electron chi connectivity index (χ4n) is 4.44. The van der Waals surface area contributed by atoms with Crippen molar-refractivity contribution in [3.05, 3.63) is 65.7 Å². The predicted octanol–water partition coefficient (Wildman–Crippen LogP) is 4.57. The highest BCUT2D eigenvalue weighted by molar-refractivity contribution is 5.85. The Morgan fingerprint density at radius 2 is 1.56 bits per heavy atom. The summed E-state index contributed by atoms with van der Waals surface area (Å²) in [6.07, 6.45) is 6.43. The van der Waals surface area contributed by atoms with Crippen LogP contribution >= 0.6 is 12.4 Å². The van der Waals surface area contributed by atoms with E-state index in [1.807, 2.05) is 0 Å². The summed E-state index contributed by atoms with van der Waals surface area (Å²) < 4.78 is 0. The fourth-order valence-corrected chi connectivity index (χ4v) is 4.44. The third kappa shape index (κ3) is 4.02. The number of rotatable bonds is 4. The number of likely N-dealkylation sites (tertiary alicyclic amines) is 1. The molecule has 3 heteroatoms. The molecule has 1 atom stereocenters. The van der Waals surface area contributed by atoms with Crippen LogP contribution in [0, 0.1) is 0 Å². The van der Waals surface area contributed by atoms with Crippen molar-refractivity contribution in [3.63, 3.8) is 0 Å². The van der Waals surface area contributed by atoms with Crippen molar-refractivity contribution >= 4 is 18.1 Å². The molecule has 2 aromatic carbocycles. The molecule has 2 aromatic rings. The number of para-hydroxylation sites is 1. The summed E-state index contributed by atoms with van der Waals surface area (Å²) >= 11 is 0. The van der Waals surface area contributed by atoms with Crippen LogP contribution in [0.4, 0.5) is 5.69 Å². The number of benzene rings is 2. The van der Waals surface area contributed by atoms with E-state index in [2.05, 4.69) is 71.4 Å². The number of likely N-dealkylation sites (N-methyl/N-ethyl adjacent to an activating group) is 1. The first-order valence-corrected chi connectivity index (χ1v) is 9.40. The van der Waals surface area contributed by atoms with Gasteiger partial charge < -0.3 is 9.80 Å². The largest absolute Gasteiger partial charge is 0.366 e. The Labute approximate surface area is 158 Å². The maximum atomic E-state index is 2.69. The second kappa shape index (κ2) is 8.25. The molecule has 0 aromatic heterocycles. The highest BCUT2D eigenvalue weighted by Crippen LogP contribution is 2.30. The standard InChI is InChI=1S/C22H28N2.ClH/c1-23-14-8-7-13-21(23)17-24(20-11-3-2-4-12-20)22-15-18-9-5-6-10-19(18)16-22;/h2-6,9-12,21-22H,7-8,13-17H2,1H3;1H. The Morgan fingerprint density at radius 1 is 0.920 bits per heavy atom. The molecule has 1 fully saturated rings. The van der Waals surface area contributed by atoms with Crippen LogP contribution in [0.15, 0.2) is 54.6 Å². The summed E-state index contributed by atoms with van der Waals surface area (Å²) in [6.45, 7) is 2.40. The maximum Gasteiger partial charge on any atom is 0.0371 e. The highest BCUT2D eigenvalue weighted by atomic mass is 35.5. The van der Waals surface area contributed by atoms with Gasteiger partial charge in [-0.15, -0.1) is 12.4 Å². The summed E-state index contributed by atoms with van der Waals surface area (Å²) in [4.78, 5) is 5.26. The van der Waals surface area contributed by atoms with Crippen molar-refractivity contribution in [1.29, 1.82) is 0 Å². The van der Waals surface area contributed by atoms with E-state index in [9.17, 15) is 0 Å². The SMILES string of the molecule is CN1CCCCC1CN(c1ccccc1)C1Cc2ccccc2C1.Cl. The van der Waals surface area contributed by atoms with Crippen LogP contribution in [0.2, 0.25) is 0 Å². The molecular weight excluding hydrogens is 328 g/mol. The van der Waals surface area contributed by atoms with Crippen LogP contribution in [-0.4, -0.2) is 37.1 Å². The van der Waals surface area contributed by atoms with Crippen molar-refractivity contribution < 1.29 is 0 Å². The summed E-state index contributed by atoms with van der Waals surface area (Å²) in [6, 6.07) is 21.3. The van der Waals surface area contributed by atoms with Gasteiger partial charge in [-0.25, -0.2) is 0 Å². The molecule has 1 heterocycles. The van der Waals surface area contributed by atoms with Gasteiger partial charge in [-0.1, -0.05) is 48.9 Å². The molecule has 0 N–H and O–H groups in total. The smallest absolute Gasteiger partial charge is 0.0371 e. The minimum absolute atomic E-state index is 0. The Bertz CT molecular complexity index is 648. The van der Waals surface area contributed by atoms with Gasteiger partial charge in [0.25, 0.3) is 0 Å². The molecule has 0 radical (unpaired) electrons. The minimum atomic E-state index is 0. The Morgan fingerprint density at radius 3 is 2.20 bits per heavy atom. The van der Waals surface area contributed by atoms with Crippen molar-refractivity contribution in [2.75, 3.05) is 25.0 Å². The molecule has 2 aliphatic rings. The Balaban J connectivity index is 0.00000182. The van der Waals surface area contributed by atoms with Gasteiger partial charge in [-0.2, -0.15) is 0 Å². The molecule has 0 bridgehead atoms. The molecule has 0 saturated carbocycles. The number of halogens is 1. The van der Waals surface area contributed by atoms with E-state index in [0.717, 1.165) is 6.54 Å². The van der Waals surface area contributed by atoms with Gasteiger partial charge in [0, 0.05) is 24.3 Å². The molecule has 1 saturated heterocycles.